The summed E-state index contributed by atoms with van der Waals surface area (Å²) in [6, 6.07) is 7.56. The van der Waals surface area contributed by atoms with E-state index in [4.69, 9.17) is 16.6 Å². The standard InChI is InChI=1S/C20H20ClN5OS2/c1-5-26-17(13-6-8-14(21)9-7-13)24-25-20(26)29-12(4)16-22-18(27)15-10(2)11(3)28-19(15)23-16/h6-9,12H,5H2,1-4H3,(H,22,23,27). The molecular formula is C20H20ClN5OS2. The van der Waals surface area contributed by atoms with E-state index in [1.165, 1.54) is 11.8 Å². The first kappa shape index (κ1) is 20.1. The second-order valence-corrected chi connectivity index (χ2v) is 9.68. The molecule has 0 radical (unpaired) electrons. The molecule has 0 bridgehead atoms. The summed E-state index contributed by atoms with van der Waals surface area (Å²) in [5.41, 5.74) is 1.88. The number of rotatable bonds is 5. The van der Waals surface area contributed by atoms with Gasteiger partial charge < -0.3 is 9.55 Å². The zero-order valence-corrected chi connectivity index (χ0v) is 18.9. The highest BCUT2D eigenvalue weighted by Crippen LogP contribution is 2.35. The van der Waals surface area contributed by atoms with Crippen LogP contribution in [0.2, 0.25) is 5.02 Å². The number of aryl methyl sites for hydroxylation is 2. The van der Waals surface area contributed by atoms with E-state index in [2.05, 4.69) is 26.7 Å². The molecule has 0 aliphatic rings. The number of aromatic amines is 1. The summed E-state index contributed by atoms with van der Waals surface area (Å²) in [4.78, 5) is 22.2. The van der Waals surface area contributed by atoms with E-state index in [1.54, 1.807) is 11.3 Å². The van der Waals surface area contributed by atoms with Crippen LogP contribution in [0.1, 0.15) is 35.4 Å². The predicted molar refractivity (Wildman–Crippen MR) is 120 cm³/mol. The molecule has 0 fully saturated rings. The molecule has 0 amide bonds. The first-order valence-electron chi connectivity index (χ1n) is 9.24. The number of thiophene rings is 1. The van der Waals surface area contributed by atoms with Crippen molar-refractivity contribution in [2.45, 2.75) is 44.6 Å². The topological polar surface area (TPSA) is 76.5 Å². The Morgan fingerprint density at radius 3 is 2.66 bits per heavy atom. The highest BCUT2D eigenvalue weighted by Gasteiger charge is 2.20. The first-order chi connectivity index (χ1) is 13.9. The molecule has 1 unspecified atom stereocenters. The summed E-state index contributed by atoms with van der Waals surface area (Å²) < 4.78 is 2.06. The Balaban J connectivity index is 1.67. The minimum absolute atomic E-state index is 0.0811. The molecule has 0 saturated heterocycles. The third kappa shape index (κ3) is 3.72. The van der Waals surface area contributed by atoms with Crippen molar-refractivity contribution in [1.29, 1.82) is 0 Å². The second-order valence-electron chi connectivity index (χ2n) is 6.73. The van der Waals surface area contributed by atoms with Gasteiger partial charge in [0.2, 0.25) is 0 Å². The van der Waals surface area contributed by atoms with Crippen LogP contribution in [0.15, 0.2) is 34.2 Å². The second kappa shape index (κ2) is 7.93. The SMILES string of the molecule is CCn1c(SC(C)c2nc3sc(C)c(C)c3c(=O)[nH]2)nnc1-c1ccc(Cl)cc1. The Labute approximate surface area is 181 Å². The van der Waals surface area contributed by atoms with Gasteiger partial charge in [0.25, 0.3) is 5.56 Å². The number of nitrogens with zero attached hydrogens (tertiary/aromatic N) is 4. The van der Waals surface area contributed by atoms with Crippen molar-refractivity contribution in [3.63, 3.8) is 0 Å². The number of aromatic nitrogens is 5. The molecule has 6 nitrogen and oxygen atoms in total. The van der Waals surface area contributed by atoms with E-state index in [0.29, 0.717) is 16.2 Å². The summed E-state index contributed by atoms with van der Waals surface area (Å²) in [6.07, 6.45) is 0. The first-order valence-corrected chi connectivity index (χ1v) is 11.3. The number of benzene rings is 1. The fourth-order valence-corrected chi connectivity index (χ4v) is 5.28. The highest BCUT2D eigenvalue weighted by molar-refractivity contribution is 7.99. The number of nitrogens with one attached hydrogen (secondary N) is 1. The Morgan fingerprint density at radius 2 is 1.97 bits per heavy atom. The zero-order valence-electron chi connectivity index (χ0n) is 16.5. The van der Waals surface area contributed by atoms with Gasteiger partial charge in [-0.15, -0.1) is 21.5 Å². The van der Waals surface area contributed by atoms with Gasteiger partial charge >= 0.3 is 0 Å². The fraction of sp³-hybridized carbons (Fsp3) is 0.300. The lowest BCUT2D eigenvalue weighted by Crippen LogP contribution is -2.12. The number of thioether (sulfide) groups is 1. The van der Waals surface area contributed by atoms with Crippen molar-refractivity contribution in [2.75, 3.05) is 0 Å². The fourth-order valence-electron chi connectivity index (χ4n) is 3.15. The minimum Gasteiger partial charge on any atom is -0.309 e. The van der Waals surface area contributed by atoms with Gasteiger partial charge in [-0.25, -0.2) is 4.98 Å². The van der Waals surface area contributed by atoms with Crippen LogP contribution in [-0.2, 0) is 6.54 Å². The van der Waals surface area contributed by atoms with Gasteiger partial charge in [-0.2, -0.15) is 0 Å². The molecule has 9 heteroatoms. The summed E-state index contributed by atoms with van der Waals surface area (Å²) in [5.74, 6) is 1.44. The number of H-pyrrole nitrogens is 1. The predicted octanol–water partition coefficient (Wildman–Crippen LogP) is 5.39. The average Bonchev–Trinajstić information content (AvgIpc) is 3.22. The van der Waals surface area contributed by atoms with E-state index < -0.39 is 0 Å². The molecular weight excluding hydrogens is 426 g/mol. The van der Waals surface area contributed by atoms with Crippen molar-refractivity contribution in [2.24, 2.45) is 0 Å². The summed E-state index contributed by atoms with van der Waals surface area (Å²) in [6.45, 7) is 8.78. The maximum atomic E-state index is 12.6. The quantitative estimate of drug-likeness (QED) is 0.417. The van der Waals surface area contributed by atoms with E-state index in [9.17, 15) is 4.79 Å². The lowest BCUT2D eigenvalue weighted by atomic mass is 10.2. The number of hydrogen-bond donors (Lipinski definition) is 1. The summed E-state index contributed by atoms with van der Waals surface area (Å²) >= 11 is 9.08. The highest BCUT2D eigenvalue weighted by atomic mass is 35.5. The maximum Gasteiger partial charge on any atom is 0.259 e. The molecule has 0 spiro atoms. The van der Waals surface area contributed by atoms with Crippen LogP contribution in [0, 0.1) is 13.8 Å². The van der Waals surface area contributed by atoms with Crippen molar-refractivity contribution < 1.29 is 0 Å². The van der Waals surface area contributed by atoms with Crippen molar-refractivity contribution in [3.05, 3.63) is 55.9 Å². The van der Waals surface area contributed by atoms with E-state index in [0.717, 1.165) is 38.4 Å². The molecule has 4 aromatic rings. The third-order valence-corrected chi connectivity index (χ3v) is 7.30. The number of fused-ring (bicyclic) bond motifs is 1. The van der Waals surface area contributed by atoms with Gasteiger partial charge in [0.05, 0.1) is 10.6 Å². The van der Waals surface area contributed by atoms with Gasteiger partial charge in [0, 0.05) is 22.0 Å². The molecule has 150 valence electrons. The maximum absolute atomic E-state index is 12.6. The lowest BCUT2D eigenvalue weighted by Gasteiger charge is -2.12. The number of hydrogen-bond acceptors (Lipinski definition) is 6. The summed E-state index contributed by atoms with van der Waals surface area (Å²) in [7, 11) is 0. The molecule has 3 heterocycles. The lowest BCUT2D eigenvalue weighted by molar-refractivity contribution is 0.685. The molecule has 1 N–H and O–H groups in total. The molecule has 1 atom stereocenters. The number of halogens is 1. The smallest absolute Gasteiger partial charge is 0.259 e. The van der Waals surface area contributed by atoms with Crippen molar-refractivity contribution in [1.82, 2.24) is 24.7 Å². The monoisotopic (exact) mass is 445 g/mol. The molecule has 29 heavy (non-hydrogen) atoms. The zero-order chi connectivity index (χ0) is 20.7. The molecule has 0 aliphatic heterocycles. The van der Waals surface area contributed by atoms with Crippen LogP contribution in [-0.4, -0.2) is 24.7 Å². The Hall–Kier alpha value is -2.16. The van der Waals surface area contributed by atoms with Gasteiger partial charge in [-0.05, 0) is 57.5 Å². The van der Waals surface area contributed by atoms with E-state index >= 15 is 0 Å². The van der Waals surface area contributed by atoms with Crippen molar-refractivity contribution in [3.8, 4) is 11.4 Å². The molecule has 1 aromatic carbocycles. The molecule has 0 aliphatic carbocycles. The normalized spacial score (nSPS) is 12.6. The van der Waals surface area contributed by atoms with Crippen LogP contribution in [0.4, 0.5) is 0 Å². The molecule has 0 saturated carbocycles. The van der Waals surface area contributed by atoms with Crippen LogP contribution < -0.4 is 5.56 Å². The van der Waals surface area contributed by atoms with Gasteiger partial charge in [0.1, 0.15) is 10.7 Å². The Kier molecular flexibility index (Phi) is 5.50. The van der Waals surface area contributed by atoms with Crippen LogP contribution in [0.3, 0.4) is 0 Å². The van der Waals surface area contributed by atoms with Crippen LogP contribution in [0.25, 0.3) is 21.6 Å². The van der Waals surface area contributed by atoms with Crippen LogP contribution in [0.5, 0.6) is 0 Å². The summed E-state index contributed by atoms with van der Waals surface area (Å²) in [5, 5.41) is 10.8. The van der Waals surface area contributed by atoms with Crippen LogP contribution >= 0.6 is 34.7 Å². The van der Waals surface area contributed by atoms with Gasteiger partial charge in [0.15, 0.2) is 11.0 Å². The van der Waals surface area contributed by atoms with Gasteiger partial charge in [-0.3, -0.25) is 4.79 Å². The van der Waals surface area contributed by atoms with Crippen molar-refractivity contribution >= 4 is 44.9 Å². The molecule has 3 aromatic heterocycles. The van der Waals surface area contributed by atoms with Gasteiger partial charge in [-0.1, -0.05) is 23.4 Å². The Bertz CT molecular complexity index is 1240. The minimum atomic E-state index is -0.0851. The third-order valence-electron chi connectivity index (χ3n) is 4.86. The average molecular weight is 446 g/mol. The van der Waals surface area contributed by atoms with E-state index in [1.807, 2.05) is 45.0 Å². The molecule has 4 rings (SSSR count). The van der Waals surface area contributed by atoms with E-state index in [-0.39, 0.29) is 10.8 Å². The largest absolute Gasteiger partial charge is 0.309 e. The Morgan fingerprint density at radius 1 is 1.24 bits per heavy atom.